The Bertz CT molecular complexity index is 56.6. The molecule has 0 atom stereocenters. The van der Waals surface area contributed by atoms with Gasteiger partial charge >= 0.3 is 0 Å². The van der Waals surface area contributed by atoms with Gasteiger partial charge in [0.25, 0.3) is 0 Å². The Balaban J connectivity index is 2.00. The van der Waals surface area contributed by atoms with Crippen LogP contribution in [0.15, 0.2) is 0 Å². The predicted molar refractivity (Wildman–Crippen MR) is 23.9 cm³/mol. The molecule has 0 aromatic heterocycles. The second-order valence-electron chi connectivity index (χ2n) is 1.54. The van der Waals surface area contributed by atoms with Gasteiger partial charge in [-0.1, -0.05) is 0 Å². The summed E-state index contributed by atoms with van der Waals surface area (Å²) in [7, 11) is 0. The summed E-state index contributed by atoms with van der Waals surface area (Å²) in [6.07, 6.45) is 4.59. The van der Waals surface area contributed by atoms with Crippen molar-refractivity contribution in [1.82, 2.24) is 5.32 Å². The highest BCUT2D eigenvalue weighted by Gasteiger charge is 2.18. The van der Waals surface area contributed by atoms with Crippen LogP contribution in [0.1, 0.15) is 12.8 Å². The van der Waals surface area contributed by atoms with Crippen molar-refractivity contribution in [3.05, 3.63) is 0 Å². The first-order chi connectivity index (χ1) is 2.93. The molecule has 0 saturated heterocycles. The van der Waals surface area contributed by atoms with E-state index in [0.717, 1.165) is 0 Å². The highest BCUT2D eigenvalue weighted by Crippen LogP contribution is 2.17. The monoisotopic (exact) mass is 83.1 g/mol. The largest absolute Gasteiger partial charge is 0.365 e. The van der Waals surface area contributed by atoms with Crippen LogP contribution in [0.2, 0.25) is 0 Å². The third-order valence-corrected chi connectivity index (χ3v) is 0.854. The summed E-state index contributed by atoms with van der Waals surface area (Å²) in [6.45, 7) is 0. The summed E-state index contributed by atoms with van der Waals surface area (Å²) in [4.78, 5) is 0. The topological polar surface area (TPSA) is 35.9 Å². The van der Waals surface area contributed by atoms with E-state index >= 15 is 0 Å². The molecule has 2 heteroatoms. The Labute approximate surface area is 37.1 Å². The Morgan fingerprint density at radius 1 is 1.67 bits per heavy atom. The van der Waals surface area contributed by atoms with E-state index in [4.69, 9.17) is 5.41 Å². The molecule has 0 amide bonds. The summed E-state index contributed by atoms with van der Waals surface area (Å²) in [6, 6.07) is 0.600. The molecule has 0 heterocycles. The summed E-state index contributed by atoms with van der Waals surface area (Å²) < 4.78 is 0. The minimum Gasteiger partial charge on any atom is -0.365 e. The predicted octanol–water partition coefficient (Wildman–Crippen LogP) is 0.222. The number of hydrogen-bond acceptors (Lipinski definition) is 1. The van der Waals surface area contributed by atoms with Crippen LogP contribution in [0.25, 0.3) is 0 Å². The third-order valence-electron chi connectivity index (χ3n) is 0.854. The zero-order valence-corrected chi connectivity index (χ0v) is 3.49. The SMILES string of the molecule is N=[C]NC1CC1. The van der Waals surface area contributed by atoms with Gasteiger partial charge in [-0.15, -0.1) is 0 Å². The first-order valence-corrected chi connectivity index (χ1v) is 2.11. The summed E-state index contributed by atoms with van der Waals surface area (Å²) in [5, 5.41) is 9.15. The molecule has 1 rings (SSSR count). The molecule has 0 spiro atoms. The Morgan fingerprint density at radius 3 is 2.50 bits per heavy atom. The van der Waals surface area contributed by atoms with Crippen LogP contribution in [0.4, 0.5) is 0 Å². The van der Waals surface area contributed by atoms with Crippen molar-refractivity contribution in [1.29, 1.82) is 5.41 Å². The lowest BCUT2D eigenvalue weighted by Gasteiger charge is -1.83. The van der Waals surface area contributed by atoms with E-state index in [9.17, 15) is 0 Å². The number of hydrogen-bond donors (Lipinski definition) is 2. The molecule has 0 unspecified atom stereocenters. The van der Waals surface area contributed by atoms with Gasteiger partial charge in [-0.25, -0.2) is 0 Å². The molecule has 0 bridgehead atoms. The van der Waals surface area contributed by atoms with Gasteiger partial charge in [0.2, 0.25) is 0 Å². The van der Waals surface area contributed by atoms with Gasteiger partial charge in [-0.2, -0.15) is 0 Å². The van der Waals surface area contributed by atoms with E-state index in [-0.39, 0.29) is 0 Å². The molecule has 6 heavy (non-hydrogen) atoms. The third kappa shape index (κ3) is 0.708. The number of rotatable bonds is 2. The minimum atomic E-state index is 0.600. The highest BCUT2D eigenvalue weighted by molar-refractivity contribution is 5.50. The van der Waals surface area contributed by atoms with Crippen molar-refractivity contribution in [2.75, 3.05) is 0 Å². The normalized spacial score (nSPS) is 20.0. The van der Waals surface area contributed by atoms with Gasteiger partial charge in [0, 0.05) is 6.04 Å². The molecule has 1 aliphatic rings. The first kappa shape index (κ1) is 3.65. The Hall–Kier alpha value is -0.530. The number of nitrogens with one attached hydrogen (secondary N) is 2. The van der Waals surface area contributed by atoms with Gasteiger partial charge < -0.3 is 5.32 Å². The zero-order valence-electron chi connectivity index (χ0n) is 3.49. The average molecular weight is 83.1 g/mol. The molecule has 2 N–H and O–H groups in total. The average Bonchev–Trinajstić information content (AvgIpc) is 2.21. The smallest absolute Gasteiger partial charge is 0.161 e. The summed E-state index contributed by atoms with van der Waals surface area (Å²) >= 11 is 0. The maximum Gasteiger partial charge on any atom is 0.161 e. The lowest BCUT2D eigenvalue weighted by molar-refractivity contribution is 0.922. The fraction of sp³-hybridized carbons (Fsp3) is 0.750. The van der Waals surface area contributed by atoms with E-state index < -0.39 is 0 Å². The Morgan fingerprint density at radius 2 is 2.33 bits per heavy atom. The van der Waals surface area contributed by atoms with Crippen molar-refractivity contribution in [2.24, 2.45) is 0 Å². The highest BCUT2D eigenvalue weighted by atomic mass is 14.9. The second-order valence-corrected chi connectivity index (χ2v) is 1.54. The zero-order chi connectivity index (χ0) is 4.41. The maximum absolute atomic E-state index is 6.41. The van der Waals surface area contributed by atoms with E-state index in [0.29, 0.717) is 6.04 Å². The minimum absolute atomic E-state index is 0.600. The lowest BCUT2D eigenvalue weighted by Crippen LogP contribution is -2.11. The molecule has 33 valence electrons. The van der Waals surface area contributed by atoms with Crippen molar-refractivity contribution in [3.8, 4) is 0 Å². The lowest BCUT2D eigenvalue weighted by atomic mass is 10.7. The van der Waals surface area contributed by atoms with Gasteiger partial charge in [-0.05, 0) is 12.8 Å². The van der Waals surface area contributed by atoms with Gasteiger partial charge in [0.1, 0.15) is 0 Å². The Kier molecular flexibility index (Phi) is 0.783. The molecule has 0 aromatic carbocycles. The van der Waals surface area contributed by atoms with Crippen LogP contribution < -0.4 is 5.32 Å². The van der Waals surface area contributed by atoms with Crippen LogP contribution in [0.3, 0.4) is 0 Å². The molecule has 1 saturated carbocycles. The van der Waals surface area contributed by atoms with Crippen LogP contribution in [-0.2, 0) is 0 Å². The maximum atomic E-state index is 6.41. The fourth-order valence-corrected chi connectivity index (χ4v) is 0.330. The van der Waals surface area contributed by atoms with Gasteiger partial charge in [0.15, 0.2) is 6.34 Å². The molecule has 0 aliphatic heterocycles. The molecular formula is C4H7N2. The molecule has 2 nitrogen and oxygen atoms in total. The van der Waals surface area contributed by atoms with Crippen molar-refractivity contribution < 1.29 is 0 Å². The molecule has 1 aliphatic carbocycles. The standard InChI is InChI=1S/C4H7N2/c5-3-6-4-1-2-4/h4H,1-2H2,(H2,5,6). The van der Waals surface area contributed by atoms with Crippen LogP contribution in [0.5, 0.6) is 0 Å². The van der Waals surface area contributed by atoms with Crippen molar-refractivity contribution in [3.63, 3.8) is 0 Å². The quantitative estimate of drug-likeness (QED) is 0.279. The van der Waals surface area contributed by atoms with E-state index in [1.807, 2.05) is 0 Å². The second kappa shape index (κ2) is 1.29. The van der Waals surface area contributed by atoms with Crippen LogP contribution >= 0.6 is 0 Å². The summed E-state index contributed by atoms with van der Waals surface area (Å²) in [5.41, 5.74) is 0. The molecule has 1 fully saturated rings. The van der Waals surface area contributed by atoms with E-state index in [2.05, 4.69) is 11.7 Å². The molecule has 1 radical (unpaired) electrons. The summed E-state index contributed by atoms with van der Waals surface area (Å²) in [5.74, 6) is 0. The first-order valence-electron chi connectivity index (χ1n) is 2.11. The van der Waals surface area contributed by atoms with E-state index in [1.165, 1.54) is 12.8 Å². The molecule has 0 aromatic rings. The van der Waals surface area contributed by atoms with Gasteiger partial charge in [-0.3, -0.25) is 5.41 Å². The van der Waals surface area contributed by atoms with Crippen LogP contribution in [-0.4, -0.2) is 12.4 Å². The fourth-order valence-electron chi connectivity index (χ4n) is 0.330. The van der Waals surface area contributed by atoms with Crippen molar-refractivity contribution in [2.45, 2.75) is 18.9 Å². The van der Waals surface area contributed by atoms with Gasteiger partial charge in [0.05, 0.1) is 0 Å². The van der Waals surface area contributed by atoms with Crippen LogP contribution in [0, 0.1) is 5.41 Å². The van der Waals surface area contributed by atoms with E-state index in [1.54, 1.807) is 0 Å². The molecular weight excluding hydrogens is 76.1 g/mol. The van der Waals surface area contributed by atoms with Crippen molar-refractivity contribution >= 4 is 6.34 Å².